The number of rotatable bonds is 3. The second kappa shape index (κ2) is 4.99. The van der Waals surface area contributed by atoms with Crippen LogP contribution < -0.4 is 0 Å². The molecule has 92 valence electrons. The maximum absolute atomic E-state index is 11.8. The fourth-order valence-corrected chi connectivity index (χ4v) is 2.73. The number of carbonyl (C=O) groups is 2. The summed E-state index contributed by atoms with van der Waals surface area (Å²) in [6.07, 6.45) is 2.50. The Morgan fingerprint density at radius 3 is 1.88 bits per heavy atom. The predicted molar refractivity (Wildman–Crippen MR) is 62.5 cm³/mol. The zero-order valence-corrected chi connectivity index (χ0v) is 11.2. The SMILES string of the molecule is C[Si](C)(C)OC(=O)C1CCC(C(=O)O)CC1. The zero-order chi connectivity index (χ0) is 12.3. The fourth-order valence-electron chi connectivity index (χ4n) is 1.96. The van der Waals surface area contributed by atoms with Crippen molar-refractivity contribution in [3.8, 4) is 0 Å². The van der Waals surface area contributed by atoms with Gasteiger partial charge in [0.15, 0.2) is 0 Å². The van der Waals surface area contributed by atoms with Gasteiger partial charge in [-0.1, -0.05) is 0 Å². The fraction of sp³-hybridized carbons (Fsp3) is 0.818. The molecule has 1 saturated carbocycles. The van der Waals surface area contributed by atoms with Crippen molar-refractivity contribution in [3.63, 3.8) is 0 Å². The maximum atomic E-state index is 11.8. The van der Waals surface area contributed by atoms with E-state index in [1.807, 2.05) is 19.6 Å². The summed E-state index contributed by atoms with van der Waals surface area (Å²) in [5.41, 5.74) is 0. The quantitative estimate of drug-likeness (QED) is 0.773. The number of aliphatic carboxylic acids is 1. The van der Waals surface area contributed by atoms with E-state index >= 15 is 0 Å². The van der Waals surface area contributed by atoms with Crippen LogP contribution in [0.25, 0.3) is 0 Å². The minimum Gasteiger partial charge on any atom is -0.520 e. The second-order valence-corrected chi connectivity index (χ2v) is 9.85. The van der Waals surface area contributed by atoms with E-state index in [2.05, 4.69) is 0 Å². The summed E-state index contributed by atoms with van der Waals surface area (Å²) < 4.78 is 5.43. The first-order valence-corrected chi connectivity index (χ1v) is 9.16. The third kappa shape index (κ3) is 3.96. The molecule has 1 fully saturated rings. The van der Waals surface area contributed by atoms with Crippen molar-refractivity contribution in [2.75, 3.05) is 0 Å². The van der Waals surface area contributed by atoms with E-state index in [-0.39, 0.29) is 17.8 Å². The highest BCUT2D eigenvalue weighted by atomic mass is 28.4. The number of carbonyl (C=O) groups excluding carboxylic acids is 1. The van der Waals surface area contributed by atoms with E-state index in [1.165, 1.54) is 0 Å². The molecule has 1 aliphatic rings. The van der Waals surface area contributed by atoms with Gasteiger partial charge in [0.05, 0.1) is 11.8 Å². The molecule has 0 radical (unpaired) electrons. The lowest BCUT2D eigenvalue weighted by Gasteiger charge is -2.27. The van der Waals surface area contributed by atoms with Crippen LogP contribution in [0.3, 0.4) is 0 Å². The highest BCUT2D eigenvalue weighted by Crippen LogP contribution is 2.30. The first kappa shape index (κ1) is 13.2. The lowest BCUT2D eigenvalue weighted by atomic mass is 9.82. The van der Waals surface area contributed by atoms with Gasteiger partial charge in [-0.3, -0.25) is 9.59 Å². The van der Waals surface area contributed by atoms with Crippen LogP contribution in [-0.2, 0) is 14.0 Å². The van der Waals surface area contributed by atoms with Crippen LogP contribution in [-0.4, -0.2) is 25.4 Å². The van der Waals surface area contributed by atoms with Gasteiger partial charge >= 0.3 is 5.97 Å². The van der Waals surface area contributed by atoms with Gasteiger partial charge in [0.2, 0.25) is 8.32 Å². The summed E-state index contributed by atoms with van der Waals surface area (Å²) in [7, 11) is -1.81. The van der Waals surface area contributed by atoms with Crippen molar-refractivity contribution in [1.82, 2.24) is 0 Å². The summed E-state index contributed by atoms with van der Waals surface area (Å²) in [6, 6.07) is 0. The highest BCUT2D eigenvalue weighted by Gasteiger charge is 2.32. The van der Waals surface area contributed by atoms with Gasteiger partial charge in [-0.15, -0.1) is 0 Å². The van der Waals surface area contributed by atoms with Crippen LogP contribution in [0.4, 0.5) is 0 Å². The molecule has 0 aromatic rings. The lowest BCUT2D eigenvalue weighted by Crippen LogP contribution is -2.35. The predicted octanol–water partition coefficient (Wildman–Crippen LogP) is 2.26. The molecule has 1 N–H and O–H groups in total. The zero-order valence-electron chi connectivity index (χ0n) is 10.2. The normalized spacial score (nSPS) is 26.2. The summed E-state index contributed by atoms with van der Waals surface area (Å²) in [6.45, 7) is 5.94. The largest absolute Gasteiger partial charge is 0.520 e. The van der Waals surface area contributed by atoms with Gasteiger partial charge in [0.1, 0.15) is 0 Å². The van der Waals surface area contributed by atoms with E-state index in [0.717, 1.165) is 0 Å². The van der Waals surface area contributed by atoms with Gasteiger partial charge in [0, 0.05) is 0 Å². The molecule has 0 unspecified atom stereocenters. The molecule has 16 heavy (non-hydrogen) atoms. The van der Waals surface area contributed by atoms with Crippen molar-refractivity contribution in [1.29, 1.82) is 0 Å². The summed E-state index contributed by atoms with van der Waals surface area (Å²) in [5, 5.41) is 8.84. The molecule has 5 heteroatoms. The number of hydrogen-bond donors (Lipinski definition) is 1. The molecule has 0 atom stereocenters. The Labute approximate surface area is 97.1 Å². The lowest BCUT2D eigenvalue weighted by molar-refractivity contribution is -0.147. The third-order valence-corrected chi connectivity index (χ3v) is 3.63. The molecule has 0 aromatic carbocycles. The highest BCUT2D eigenvalue weighted by molar-refractivity contribution is 6.71. The Balaban J connectivity index is 2.42. The maximum Gasteiger partial charge on any atom is 0.306 e. The first-order chi connectivity index (χ1) is 7.29. The van der Waals surface area contributed by atoms with Crippen molar-refractivity contribution in [3.05, 3.63) is 0 Å². The molecule has 0 amide bonds. The minimum absolute atomic E-state index is 0.0812. The smallest absolute Gasteiger partial charge is 0.306 e. The minimum atomic E-state index is -1.81. The molecule has 0 bridgehead atoms. The van der Waals surface area contributed by atoms with Crippen LogP contribution in [0.1, 0.15) is 25.7 Å². The van der Waals surface area contributed by atoms with E-state index in [0.29, 0.717) is 25.7 Å². The molecule has 0 aromatic heterocycles. The molecule has 0 heterocycles. The first-order valence-electron chi connectivity index (χ1n) is 5.75. The van der Waals surface area contributed by atoms with Crippen molar-refractivity contribution in [2.24, 2.45) is 11.8 Å². The van der Waals surface area contributed by atoms with Gasteiger partial charge in [0.25, 0.3) is 5.97 Å². The van der Waals surface area contributed by atoms with Crippen LogP contribution >= 0.6 is 0 Å². The molecule has 1 aliphatic carbocycles. The molecular formula is C11H20O4Si. The molecule has 0 aliphatic heterocycles. The van der Waals surface area contributed by atoms with Gasteiger partial charge < -0.3 is 9.53 Å². The second-order valence-electron chi connectivity index (χ2n) is 5.42. The Bertz CT molecular complexity index is 274. The van der Waals surface area contributed by atoms with Crippen LogP contribution in [0.5, 0.6) is 0 Å². The molecule has 4 nitrogen and oxygen atoms in total. The average Bonchev–Trinajstić information content (AvgIpc) is 2.15. The molecule has 0 spiro atoms. The standard InChI is InChI=1S/C11H20O4Si/c1-16(2,3)15-11(14)9-6-4-8(5-7-9)10(12)13/h8-9H,4-7H2,1-3H3,(H,12,13). The summed E-state index contributed by atoms with van der Waals surface area (Å²) >= 11 is 0. The topological polar surface area (TPSA) is 63.6 Å². The Hall–Kier alpha value is -0.843. The summed E-state index contributed by atoms with van der Waals surface area (Å²) in [4.78, 5) is 22.5. The number of carboxylic acids is 1. The van der Waals surface area contributed by atoms with Crippen LogP contribution in [0, 0.1) is 11.8 Å². The van der Waals surface area contributed by atoms with E-state index in [1.54, 1.807) is 0 Å². The Morgan fingerprint density at radius 2 is 1.50 bits per heavy atom. The van der Waals surface area contributed by atoms with Crippen LogP contribution in [0.15, 0.2) is 0 Å². The van der Waals surface area contributed by atoms with Crippen LogP contribution in [0.2, 0.25) is 19.6 Å². The average molecular weight is 244 g/mol. The molecule has 1 rings (SSSR count). The van der Waals surface area contributed by atoms with Crippen molar-refractivity contribution in [2.45, 2.75) is 45.3 Å². The van der Waals surface area contributed by atoms with E-state index < -0.39 is 14.3 Å². The van der Waals surface area contributed by atoms with Gasteiger partial charge in [-0.25, -0.2) is 0 Å². The van der Waals surface area contributed by atoms with Crippen molar-refractivity contribution < 1.29 is 19.1 Å². The van der Waals surface area contributed by atoms with Gasteiger partial charge in [-0.05, 0) is 45.3 Å². The van der Waals surface area contributed by atoms with E-state index in [4.69, 9.17) is 9.53 Å². The van der Waals surface area contributed by atoms with E-state index in [9.17, 15) is 9.59 Å². The Kier molecular flexibility index (Phi) is 4.13. The summed E-state index contributed by atoms with van der Waals surface area (Å²) in [5.74, 6) is -1.21. The molecule has 0 saturated heterocycles. The third-order valence-electron chi connectivity index (χ3n) is 2.82. The number of hydrogen-bond acceptors (Lipinski definition) is 3. The van der Waals surface area contributed by atoms with Crippen molar-refractivity contribution >= 4 is 20.3 Å². The number of carboxylic acid groups (broad SMARTS) is 1. The molecular weight excluding hydrogens is 224 g/mol. The van der Waals surface area contributed by atoms with Gasteiger partial charge in [-0.2, -0.15) is 0 Å². The Morgan fingerprint density at radius 1 is 1.06 bits per heavy atom. The monoisotopic (exact) mass is 244 g/mol.